The first kappa shape index (κ1) is 17.8. The van der Waals surface area contributed by atoms with Gasteiger partial charge in [0.05, 0.1) is 16.3 Å². The van der Waals surface area contributed by atoms with Gasteiger partial charge >= 0.3 is 0 Å². The third kappa shape index (κ3) is 4.77. The van der Waals surface area contributed by atoms with Crippen LogP contribution in [0.15, 0.2) is 63.8 Å². The number of sulfone groups is 1. The zero-order valence-corrected chi connectivity index (χ0v) is 15.4. The van der Waals surface area contributed by atoms with Crippen molar-refractivity contribution in [3.05, 3.63) is 60.4 Å². The number of halogens is 1. The number of anilines is 2. The van der Waals surface area contributed by atoms with Gasteiger partial charge in [0, 0.05) is 5.75 Å². The highest BCUT2D eigenvalue weighted by atomic mass is 32.2. The fraction of sp³-hybridized carbons (Fsp3) is 0.125. The van der Waals surface area contributed by atoms with Gasteiger partial charge in [0.2, 0.25) is 5.13 Å². The van der Waals surface area contributed by atoms with Crippen LogP contribution >= 0.6 is 23.1 Å². The van der Waals surface area contributed by atoms with E-state index in [4.69, 9.17) is 0 Å². The first-order valence-corrected chi connectivity index (χ1v) is 10.8. The summed E-state index contributed by atoms with van der Waals surface area (Å²) in [6.45, 7) is 0. The van der Waals surface area contributed by atoms with E-state index < -0.39 is 9.84 Å². The first-order valence-electron chi connectivity index (χ1n) is 7.30. The maximum absolute atomic E-state index is 13.6. The van der Waals surface area contributed by atoms with Gasteiger partial charge in [-0.25, -0.2) is 12.8 Å². The van der Waals surface area contributed by atoms with Crippen LogP contribution in [0.5, 0.6) is 0 Å². The predicted octanol–water partition coefficient (Wildman–Crippen LogP) is 3.99. The average Bonchev–Trinajstić information content (AvgIpc) is 3.05. The Morgan fingerprint density at radius 3 is 2.52 bits per heavy atom. The van der Waals surface area contributed by atoms with Crippen molar-refractivity contribution in [2.45, 2.75) is 9.24 Å². The van der Waals surface area contributed by atoms with Crippen molar-refractivity contribution in [1.29, 1.82) is 0 Å². The highest BCUT2D eigenvalue weighted by molar-refractivity contribution is 8.02. The number of benzene rings is 2. The zero-order chi connectivity index (χ0) is 17.7. The second-order valence-corrected chi connectivity index (χ2v) is 9.39. The molecule has 130 valence electrons. The fourth-order valence-electron chi connectivity index (χ4n) is 1.98. The van der Waals surface area contributed by atoms with Crippen LogP contribution in [0.4, 0.5) is 15.2 Å². The molecule has 1 heterocycles. The number of rotatable bonds is 7. The molecule has 0 radical (unpaired) electrons. The highest BCUT2D eigenvalue weighted by Gasteiger charge is 2.15. The molecule has 2 aromatic carbocycles. The Labute approximate surface area is 153 Å². The van der Waals surface area contributed by atoms with Crippen LogP contribution in [0.2, 0.25) is 0 Å². The average molecular weight is 396 g/mol. The summed E-state index contributed by atoms with van der Waals surface area (Å²) in [5.41, 5.74) is 0.321. The summed E-state index contributed by atoms with van der Waals surface area (Å²) in [5, 5.41) is 11.3. The van der Waals surface area contributed by atoms with Crippen LogP contribution in [0, 0.1) is 5.82 Å². The molecular formula is C16H14FN3O2S3. The summed E-state index contributed by atoms with van der Waals surface area (Å²) in [4.78, 5) is 0.315. The fourth-order valence-corrected chi connectivity index (χ4v) is 5.48. The van der Waals surface area contributed by atoms with Gasteiger partial charge < -0.3 is 5.32 Å². The summed E-state index contributed by atoms with van der Waals surface area (Å²) in [6.07, 6.45) is 0. The lowest BCUT2D eigenvalue weighted by Gasteiger charge is -2.03. The minimum Gasteiger partial charge on any atom is -0.328 e. The van der Waals surface area contributed by atoms with Gasteiger partial charge in [0.15, 0.2) is 14.2 Å². The minimum absolute atomic E-state index is 0.0112. The van der Waals surface area contributed by atoms with Gasteiger partial charge in [-0.3, -0.25) is 0 Å². The smallest absolute Gasteiger partial charge is 0.210 e. The van der Waals surface area contributed by atoms with Gasteiger partial charge in [0.25, 0.3) is 0 Å². The van der Waals surface area contributed by atoms with Crippen LogP contribution in [0.3, 0.4) is 0 Å². The van der Waals surface area contributed by atoms with E-state index in [0.717, 1.165) is 0 Å². The van der Waals surface area contributed by atoms with Crippen LogP contribution in [0.25, 0.3) is 0 Å². The van der Waals surface area contributed by atoms with Crippen molar-refractivity contribution in [2.75, 3.05) is 16.8 Å². The molecule has 3 rings (SSSR count). The number of nitrogens with one attached hydrogen (secondary N) is 1. The largest absolute Gasteiger partial charge is 0.328 e. The number of nitrogens with zero attached hydrogens (tertiary/aromatic N) is 2. The number of aromatic nitrogens is 2. The Hall–Kier alpha value is -1.97. The van der Waals surface area contributed by atoms with Crippen molar-refractivity contribution < 1.29 is 12.8 Å². The Bertz CT molecular complexity index is 946. The molecular weight excluding hydrogens is 381 g/mol. The number of thioether (sulfide) groups is 1. The van der Waals surface area contributed by atoms with E-state index in [1.165, 1.54) is 29.2 Å². The quantitative estimate of drug-likeness (QED) is 0.610. The molecule has 3 aromatic rings. The lowest BCUT2D eigenvalue weighted by molar-refractivity contribution is 0.597. The maximum atomic E-state index is 13.6. The molecule has 0 atom stereocenters. The molecule has 9 heteroatoms. The SMILES string of the molecule is O=S(=O)(CCSc1nnc(Nc2ccccc2F)s1)c1ccccc1. The van der Waals surface area contributed by atoms with Crippen molar-refractivity contribution >= 4 is 43.8 Å². The molecule has 0 unspecified atom stereocenters. The predicted molar refractivity (Wildman–Crippen MR) is 98.8 cm³/mol. The Balaban J connectivity index is 1.56. The first-order chi connectivity index (χ1) is 12.0. The number of hydrogen-bond donors (Lipinski definition) is 1. The molecule has 25 heavy (non-hydrogen) atoms. The molecule has 5 nitrogen and oxygen atoms in total. The standard InChI is InChI=1S/C16H14FN3O2S3/c17-13-8-4-5-9-14(13)18-15-19-20-16(24-15)23-10-11-25(21,22)12-6-2-1-3-7-12/h1-9H,10-11H2,(H,18,19). The van der Waals surface area contributed by atoms with E-state index in [9.17, 15) is 12.8 Å². The van der Waals surface area contributed by atoms with Crippen LogP contribution in [-0.4, -0.2) is 30.1 Å². The van der Waals surface area contributed by atoms with E-state index in [1.807, 2.05) is 0 Å². The molecule has 0 fully saturated rings. The monoisotopic (exact) mass is 395 g/mol. The third-order valence-electron chi connectivity index (χ3n) is 3.20. The molecule has 0 aliphatic carbocycles. The lowest BCUT2D eigenvalue weighted by atomic mass is 10.3. The molecule has 0 aliphatic heterocycles. The minimum atomic E-state index is -3.31. The molecule has 0 amide bonds. The molecule has 0 saturated carbocycles. The van der Waals surface area contributed by atoms with Crippen LogP contribution < -0.4 is 5.32 Å². The molecule has 1 N–H and O–H groups in total. The molecule has 0 spiro atoms. The van der Waals surface area contributed by atoms with E-state index in [2.05, 4.69) is 15.5 Å². The van der Waals surface area contributed by atoms with Crippen molar-refractivity contribution in [3.8, 4) is 0 Å². The molecule has 1 aromatic heterocycles. The van der Waals surface area contributed by atoms with Gasteiger partial charge in [-0.2, -0.15) is 0 Å². The number of hydrogen-bond acceptors (Lipinski definition) is 7. The number of para-hydroxylation sites is 1. The van der Waals surface area contributed by atoms with Gasteiger partial charge in [-0.15, -0.1) is 10.2 Å². The summed E-state index contributed by atoms with van der Waals surface area (Å²) in [6, 6.07) is 14.6. The summed E-state index contributed by atoms with van der Waals surface area (Å²) in [7, 11) is -3.31. The third-order valence-corrected chi connectivity index (χ3v) is 7.17. The van der Waals surface area contributed by atoms with Crippen LogP contribution in [0.1, 0.15) is 0 Å². The second-order valence-electron chi connectivity index (χ2n) is 4.96. The zero-order valence-electron chi connectivity index (χ0n) is 12.9. The summed E-state index contributed by atoms with van der Waals surface area (Å²) in [5.74, 6) is 0.00367. The lowest BCUT2D eigenvalue weighted by Crippen LogP contribution is -2.08. The molecule has 0 aliphatic rings. The van der Waals surface area contributed by atoms with E-state index in [1.54, 1.807) is 48.5 Å². The summed E-state index contributed by atoms with van der Waals surface area (Å²) >= 11 is 2.56. The molecule has 0 bridgehead atoms. The van der Waals surface area contributed by atoms with Crippen molar-refractivity contribution in [3.63, 3.8) is 0 Å². The second kappa shape index (κ2) is 7.94. The van der Waals surface area contributed by atoms with Crippen molar-refractivity contribution in [2.24, 2.45) is 0 Å². The van der Waals surface area contributed by atoms with Gasteiger partial charge in [-0.05, 0) is 24.3 Å². The Kier molecular flexibility index (Phi) is 5.67. The topological polar surface area (TPSA) is 72.0 Å². The Morgan fingerprint density at radius 2 is 1.76 bits per heavy atom. The van der Waals surface area contributed by atoms with E-state index in [0.29, 0.717) is 25.8 Å². The van der Waals surface area contributed by atoms with E-state index >= 15 is 0 Å². The van der Waals surface area contributed by atoms with Crippen molar-refractivity contribution in [1.82, 2.24) is 10.2 Å². The normalized spacial score (nSPS) is 11.4. The van der Waals surface area contributed by atoms with E-state index in [-0.39, 0.29) is 11.6 Å². The van der Waals surface area contributed by atoms with Crippen LogP contribution in [-0.2, 0) is 9.84 Å². The molecule has 0 saturated heterocycles. The Morgan fingerprint density at radius 1 is 1.04 bits per heavy atom. The van der Waals surface area contributed by atoms with Gasteiger partial charge in [0.1, 0.15) is 5.82 Å². The maximum Gasteiger partial charge on any atom is 0.210 e. The summed E-state index contributed by atoms with van der Waals surface area (Å²) < 4.78 is 38.6. The highest BCUT2D eigenvalue weighted by Crippen LogP contribution is 2.28. The van der Waals surface area contributed by atoms with Gasteiger partial charge in [-0.1, -0.05) is 53.4 Å².